The zero-order valence-corrected chi connectivity index (χ0v) is 22.2. The van der Waals surface area contributed by atoms with Crippen LogP contribution in [0.5, 0.6) is 0 Å². The normalized spacial score (nSPS) is 10.9. The molecule has 0 aromatic rings. The number of unbranched alkanes of at least 4 members (excludes halogenated alkanes) is 13. The summed E-state index contributed by atoms with van der Waals surface area (Å²) in [6.07, 6.45) is 21.7. The van der Waals surface area contributed by atoms with Gasteiger partial charge in [-0.15, -0.1) is 5.92 Å². The lowest BCUT2D eigenvalue weighted by Crippen LogP contribution is -2.27. The Morgan fingerprint density at radius 2 is 1.18 bits per heavy atom. The maximum absolute atomic E-state index is 11.8. The summed E-state index contributed by atoms with van der Waals surface area (Å²) < 4.78 is 5.28. The minimum atomic E-state index is -0.0751. The minimum absolute atomic E-state index is 0.0751. The van der Waals surface area contributed by atoms with Crippen LogP contribution in [-0.4, -0.2) is 48.8 Å². The van der Waals surface area contributed by atoms with Crippen LogP contribution >= 0.6 is 0 Å². The van der Waals surface area contributed by atoms with Crippen molar-refractivity contribution in [2.24, 2.45) is 0 Å². The van der Waals surface area contributed by atoms with Gasteiger partial charge in [-0.2, -0.15) is 0 Å². The van der Waals surface area contributed by atoms with E-state index >= 15 is 0 Å². The van der Waals surface area contributed by atoms with Gasteiger partial charge in [-0.1, -0.05) is 90.4 Å². The Bertz CT molecular complexity index is 469. The zero-order chi connectivity index (χ0) is 24.2. The third-order valence-electron chi connectivity index (χ3n) is 6.09. The molecule has 0 saturated heterocycles. The summed E-state index contributed by atoms with van der Waals surface area (Å²) in [7, 11) is 0. The van der Waals surface area contributed by atoms with Crippen LogP contribution in [0.4, 0.5) is 0 Å². The van der Waals surface area contributed by atoms with Gasteiger partial charge in [-0.25, -0.2) is 0 Å². The zero-order valence-electron chi connectivity index (χ0n) is 22.2. The van der Waals surface area contributed by atoms with Gasteiger partial charge in [-0.3, -0.25) is 4.79 Å². The van der Waals surface area contributed by atoms with Gasteiger partial charge in [0.05, 0.1) is 0 Å². The van der Waals surface area contributed by atoms with Crippen molar-refractivity contribution in [2.45, 2.75) is 136 Å². The second-order valence-corrected chi connectivity index (χ2v) is 9.34. The monoisotopic (exact) mass is 465 g/mol. The summed E-state index contributed by atoms with van der Waals surface area (Å²) in [5, 5.41) is 9.15. The fourth-order valence-corrected chi connectivity index (χ4v) is 3.99. The molecule has 0 saturated carbocycles. The number of ether oxygens (including phenoxy) is 1. The van der Waals surface area contributed by atoms with Crippen molar-refractivity contribution in [2.75, 3.05) is 32.8 Å². The van der Waals surface area contributed by atoms with Crippen molar-refractivity contribution in [1.29, 1.82) is 0 Å². The number of carbonyl (C=O) groups excluding carboxylic acids is 1. The third kappa shape index (κ3) is 25.4. The number of hydrogen-bond donors (Lipinski definition) is 1. The molecular formula is C29H55NO3. The summed E-state index contributed by atoms with van der Waals surface area (Å²) in [5.41, 5.74) is 0. The van der Waals surface area contributed by atoms with Gasteiger partial charge in [0.25, 0.3) is 0 Å². The second kappa shape index (κ2) is 27.2. The van der Waals surface area contributed by atoms with Crippen molar-refractivity contribution in [3.8, 4) is 11.8 Å². The highest BCUT2D eigenvalue weighted by atomic mass is 16.5. The molecule has 0 fully saturated rings. The molecule has 0 bridgehead atoms. The van der Waals surface area contributed by atoms with Crippen molar-refractivity contribution < 1.29 is 14.6 Å². The van der Waals surface area contributed by atoms with E-state index in [1.54, 1.807) is 0 Å². The van der Waals surface area contributed by atoms with E-state index in [2.05, 4.69) is 30.6 Å². The van der Waals surface area contributed by atoms with Gasteiger partial charge >= 0.3 is 5.97 Å². The topological polar surface area (TPSA) is 49.8 Å². The average molecular weight is 466 g/mol. The van der Waals surface area contributed by atoms with Crippen molar-refractivity contribution in [3.05, 3.63) is 0 Å². The predicted octanol–water partition coefficient (Wildman–Crippen LogP) is 7.28. The number of aliphatic hydroxyl groups is 1. The lowest BCUT2D eigenvalue weighted by Gasteiger charge is -2.22. The Balaban J connectivity index is 3.61. The maximum Gasteiger partial charge on any atom is 0.305 e. The van der Waals surface area contributed by atoms with Crippen LogP contribution in [0.25, 0.3) is 0 Å². The van der Waals surface area contributed by atoms with Gasteiger partial charge in [0.2, 0.25) is 0 Å². The van der Waals surface area contributed by atoms with E-state index in [9.17, 15) is 4.79 Å². The first-order chi connectivity index (χ1) is 16.2. The fraction of sp³-hybridized carbons (Fsp3) is 0.897. The molecule has 0 heterocycles. The molecule has 33 heavy (non-hydrogen) atoms. The van der Waals surface area contributed by atoms with Gasteiger partial charge < -0.3 is 14.7 Å². The summed E-state index contributed by atoms with van der Waals surface area (Å²) in [6.45, 7) is 8.51. The molecule has 0 aliphatic rings. The minimum Gasteiger partial charge on any atom is -0.465 e. The molecule has 0 aromatic carbocycles. The van der Waals surface area contributed by atoms with Crippen LogP contribution in [0.1, 0.15) is 136 Å². The summed E-state index contributed by atoms with van der Waals surface area (Å²) in [6, 6.07) is 0. The first-order valence-corrected chi connectivity index (χ1v) is 14.2. The Labute approximate surface area is 206 Å². The fourth-order valence-electron chi connectivity index (χ4n) is 3.99. The molecule has 0 spiro atoms. The number of aliphatic hydroxyl groups excluding tert-OH is 1. The van der Waals surface area contributed by atoms with E-state index in [0.717, 1.165) is 38.8 Å². The van der Waals surface area contributed by atoms with Crippen LogP contribution < -0.4 is 0 Å². The van der Waals surface area contributed by atoms with E-state index in [-0.39, 0.29) is 12.6 Å². The average Bonchev–Trinajstić information content (AvgIpc) is 2.82. The molecule has 0 aliphatic carbocycles. The first-order valence-electron chi connectivity index (χ1n) is 14.2. The van der Waals surface area contributed by atoms with Crippen molar-refractivity contribution in [3.63, 3.8) is 0 Å². The molecule has 4 heteroatoms. The van der Waals surface area contributed by atoms with E-state index in [4.69, 9.17) is 9.84 Å². The maximum atomic E-state index is 11.8. The summed E-state index contributed by atoms with van der Waals surface area (Å²) in [5.74, 6) is 6.21. The third-order valence-corrected chi connectivity index (χ3v) is 6.09. The van der Waals surface area contributed by atoms with Crippen LogP contribution in [-0.2, 0) is 9.53 Å². The van der Waals surface area contributed by atoms with E-state index < -0.39 is 0 Å². The second-order valence-electron chi connectivity index (χ2n) is 9.34. The summed E-state index contributed by atoms with van der Waals surface area (Å²) in [4.78, 5) is 14.3. The molecule has 4 nitrogen and oxygen atoms in total. The first kappa shape index (κ1) is 31.9. The Hall–Kier alpha value is -1.05. The number of carbonyl (C=O) groups is 1. The van der Waals surface area contributed by atoms with Gasteiger partial charge in [-0.05, 0) is 45.2 Å². The Kier molecular flexibility index (Phi) is 26.3. The van der Waals surface area contributed by atoms with Gasteiger partial charge in [0, 0.05) is 32.4 Å². The number of hydrogen-bond acceptors (Lipinski definition) is 4. The molecular weight excluding hydrogens is 410 g/mol. The van der Waals surface area contributed by atoms with E-state index in [1.807, 2.05) is 0 Å². The lowest BCUT2D eigenvalue weighted by atomic mass is 10.1. The highest BCUT2D eigenvalue weighted by molar-refractivity contribution is 5.69. The molecule has 1 N–H and O–H groups in total. The highest BCUT2D eigenvalue weighted by Crippen LogP contribution is 2.10. The van der Waals surface area contributed by atoms with Crippen molar-refractivity contribution >= 4 is 5.97 Å². The molecule has 0 rings (SSSR count). The van der Waals surface area contributed by atoms with E-state index in [0.29, 0.717) is 19.4 Å². The quantitative estimate of drug-likeness (QED) is 0.0924. The van der Waals surface area contributed by atoms with Crippen LogP contribution in [0.3, 0.4) is 0 Å². The molecule has 0 radical (unpaired) electrons. The van der Waals surface area contributed by atoms with Crippen LogP contribution in [0.15, 0.2) is 0 Å². The Morgan fingerprint density at radius 1 is 0.667 bits per heavy atom. The molecule has 0 aromatic heterocycles. The summed E-state index contributed by atoms with van der Waals surface area (Å²) >= 11 is 0. The number of nitrogens with zero attached hydrogens (tertiary/aromatic N) is 1. The van der Waals surface area contributed by atoms with Gasteiger partial charge in [0.15, 0.2) is 0 Å². The van der Waals surface area contributed by atoms with Crippen LogP contribution in [0.2, 0.25) is 0 Å². The molecule has 194 valence electrons. The SMILES string of the molecule is CCCCCCC#CCCOC(=O)CCCCCCCN(CCCO)CCCCCCCC. The molecule has 0 amide bonds. The number of esters is 1. The lowest BCUT2D eigenvalue weighted by molar-refractivity contribution is -0.143. The van der Waals surface area contributed by atoms with E-state index in [1.165, 1.54) is 90.0 Å². The standard InChI is InChI=1S/C29H55NO3/c1-3-5-7-9-11-12-17-21-28-33-29(32)23-18-14-13-16-20-25-30(26-22-27-31)24-19-15-10-8-6-4-2/h31H,3-11,13-16,18-28H2,1-2H3. The molecule has 0 unspecified atom stereocenters. The highest BCUT2D eigenvalue weighted by Gasteiger charge is 2.05. The van der Waals surface area contributed by atoms with Gasteiger partial charge in [0.1, 0.15) is 6.61 Å². The molecule has 0 atom stereocenters. The number of rotatable bonds is 24. The largest absolute Gasteiger partial charge is 0.465 e. The molecule has 0 aliphatic heterocycles. The van der Waals surface area contributed by atoms with Crippen LogP contribution in [0, 0.1) is 11.8 Å². The van der Waals surface area contributed by atoms with Crippen molar-refractivity contribution in [1.82, 2.24) is 4.90 Å². The Morgan fingerprint density at radius 3 is 1.82 bits per heavy atom. The smallest absolute Gasteiger partial charge is 0.305 e. The predicted molar refractivity (Wildman–Crippen MR) is 141 cm³/mol.